The van der Waals surface area contributed by atoms with Crippen LogP contribution in [-0.4, -0.2) is 57.4 Å². The molecule has 0 saturated carbocycles. The number of hydrogen-bond acceptors (Lipinski definition) is 6. The Labute approximate surface area is 183 Å². The van der Waals surface area contributed by atoms with Crippen molar-refractivity contribution in [2.45, 2.75) is 38.8 Å². The van der Waals surface area contributed by atoms with Crippen molar-refractivity contribution in [1.82, 2.24) is 10.2 Å². The zero-order chi connectivity index (χ0) is 21.5. The SMILES string of the molecule is COc1cc2c(cc1OC)C(c1cccs1)N(CC(=O)NCCCOC(C)C)CC2. The van der Waals surface area contributed by atoms with Crippen molar-refractivity contribution in [3.63, 3.8) is 0 Å². The second-order valence-electron chi connectivity index (χ2n) is 7.67. The molecule has 1 aliphatic heterocycles. The van der Waals surface area contributed by atoms with Crippen LogP contribution in [0.3, 0.4) is 0 Å². The first kappa shape index (κ1) is 22.6. The number of ether oxygens (including phenoxy) is 3. The highest BCUT2D eigenvalue weighted by atomic mass is 32.1. The molecule has 1 N–H and O–H groups in total. The minimum absolute atomic E-state index is 0.0311. The van der Waals surface area contributed by atoms with Crippen LogP contribution in [0.4, 0.5) is 0 Å². The van der Waals surface area contributed by atoms with Crippen molar-refractivity contribution in [2.24, 2.45) is 0 Å². The van der Waals surface area contributed by atoms with Crippen LogP contribution in [0.5, 0.6) is 11.5 Å². The van der Waals surface area contributed by atoms with Gasteiger partial charge < -0.3 is 19.5 Å². The van der Waals surface area contributed by atoms with E-state index in [4.69, 9.17) is 14.2 Å². The molecule has 1 unspecified atom stereocenters. The van der Waals surface area contributed by atoms with Gasteiger partial charge in [0.25, 0.3) is 0 Å². The Morgan fingerprint density at radius 3 is 2.70 bits per heavy atom. The van der Waals surface area contributed by atoms with Crippen molar-refractivity contribution in [1.29, 1.82) is 0 Å². The molecular formula is C23H32N2O4S. The maximum atomic E-state index is 12.6. The zero-order valence-electron chi connectivity index (χ0n) is 18.3. The molecule has 3 rings (SSSR count). The first-order chi connectivity index (χ1) is 14.5. The zero-order valence-corrected chi connectivity index (χ0v) is 19.1. The van der Waals surface area contributed by atoms with E-state index in [9.17, 15) is 4.79 Å². The molecule has 6 nitrogen and oxygen atoms in total. The Morgan fingerprint density at radius 2 is 2.03 bits per heavy atom. The van der Waals surface area contributed by atoms with Crippen LogP contribution >= 0.6 is 11.3 Å². The lowest BCUT2D eigenvalue weighted by Crippen LogP contribution is -2.43. The van der Waals surface area contributed by atoms with Gasteiger partial charge in [0, 0.05) is 24.6 Å². The van der Waals surface area contributed by atoms with Gasteiger partial charge in [0.1, 0.15) is 0 Å². The van der Waals surface area contributed by atoms with Crippen molar-refractivity contribution < 1.29 is 19.0 Å². The van der Waals surface area contributed by atoms with Crippen molar-refractivity contribution in [3.05, 3.63) is 45.6 Å². The number of carbonyl (C=O) groups excluding carboxylic acids is 1. The molecule has 0 radical (unpaired) electrons. The number of carbonyl (C=O) groups is 1. The molecule has 1 aliphatic rings. The Bertz CT molecular complexity index is 823. The number of amides is 1. The van der Waals surface area contributed by atoms with Gasteiger partial charge in [0.15, 0.2) is 11.5 Å². The minimum atomic E-state index is 0.0311. The predicted molar refractivity (Wildman–Crippen MR) is 120 cm³/mol. The molecular weight excluding hydrogens is 400 g/mol. The van der Waals surface area contributed by atoms with Gasteiger partial charge in [0.05, 0.1) is 32.9 Å². The smallest absolute Gasteiger partial charge is 0.234 e. The summed E-state index contributed by atoms with van der Waals surface area (Å²) in [6.45, 7) is 6.50. The van der Waals surface area contributed by atoms with E-state index in [-0.39, 0.29) is 18.1 Å². The summed E-state index contributed by atoms with van der Waals surface area (Å²) in [5.41, 5.74) is 2.42. The van der Waals surface area contributed by atoms with Crippen LogP contribution < -0.4 is 14.8 Å². The van der Waals surface area contributed by atoms with Gasteiger partial charge in [0.2, 0.25) is 5.91 Å². The van der Waals surface area contributed by atoms with Gasteiger partial charge in [-0.25, -0.2) is 0 Å². The van der Waals surface area contributed by atoms with Gasteiger partial charge >= 0.3 is 0 Å². The molecule has 1 aromatic carbocycles. The molecule has 0 spiro atoms. The highest BCUT2D eigenvalue weighted by Gasteiger charge is 2.32. The number of thiophene rings is 1. The van der Waals surface area contributed by atoms with Gasteiger partial charge in [-0.1, -0.05) is 6.07 Å². The van der Waals surface area contributed by atoms with Gasteiger partial charge in [-0.2, -0.15) is 0 Å². The van der Waals surface area contributed by atoms with Crippen LogP contribution in [0.1, 0.15) is 42.3 Å². The third kappa shape index (κ3) is 5.53. The summed E-state index contributed by atoms with van der Waals surface area (Å²) in [6.07, 6.45) is 1.90. The van der Waals surface area contributed by atoms with E-state index >= 15 is 0 Å². The van der Waals surface area contributed by atoms with Crippen molar-refractivity contribution in [3.8, 4) is 11.5 Å². The summed E-state index contributed by atoms with van der Waals surface area (Å²) in [5, 5.41) is 5.11. The van der Waals surface area contributed by atoms with Crippen molar-refractivity contribution in [2.75, 3.05) is 40.5 Å². The second kappa shape index (κ2) is 10.8. The number of methoxy groups -OCH3 is 2. The summed E-state index contributed by atoms with van der Waals surface area (Å²) < 4.78 is 16.6. The van der Waals surface area contributed by atoms with Crippen LogP contribution in [-0.2, 0) is 16.0 Å². The van der Waals surface area contributed by atoms with E-state index < -0.39 is 0 Å². The van der Waals surface area contributed by atoms with E-state index in [1.807, 2.05) is 13.8 Å². The molecule has 0 fully saturated rings. The summed E-state index contributed by atoms with van der Waals surface area (Å²) in [4.78, 5) is 16.1. The van der Waals surface area contributed by atoms with E-state index in [1.54, 1.807) is 25.6 Å². The van der Waals surface area contributed by atoms with Crippen LogP contribution in [0.2, 0.25) is 0 Å². The standard InChI is InChI=1S/C23H32N2O4S/c1-16(2)29-11-6-9-24-22(26)15-25-10-8-17-13-19(27-3)20(28-4)14-18(17)23(25)21-7-5-12-30-21/h5,7,12-14,16,23H,6,8-11,15H2,1-4H3,(H,24,26). The number of benzene rings is 1. The molecule has 0 aliphatic carbocycles. The molecule has 0 saturated heterocycles. The Balaban J connectivity index is 1.73. The molecule has 7 heteroatoms. The molecule has 0 bridgehead atoms. The number of hydrogen-bond donors (Lipinski definition) is 1. The molecule has 164 valence electrons. The molecule has 2 aromatic rings. The number of nitrogens with zero attached hydrogens (tertiary/aromatic N) is 1. The summed E-state index contributed by atoms with van der Waals surface area (Å²) >= 11 is 1.71. The van der Waals surface area contributed by atoms with Crippen molar-refractivity contribution >= 4 is 17.2 Å². The van der Waals surface area contributed by atoms with Crippen LogP contribution in [0.15, 0.2) is 29.6 Å². The largest absolute Gasteiger partial charge is 0.493 e. The normalized spacial score (nSPS) is 16.4. The molecule has 2 heterocycles. The maximum Gasteiger partial charge on any atom is 0.234 e. The fraction of sp³-hybridized carbons (Fsp3) is 0.522. The van der Waals surface area contributed by atoms with E-state index in [1.165, 1.54) is 16.0 Å². The lowest BCUT2D eigenvalue weighted by Gasteiger charge is -2.37. The molecule has 1 amide bonds. The van der Waals surface area contributed by atoms with E-state index in [0.717, 1.165) is 25.1 Å². The summed E-state index contributed by atoms with van der Waals surface area (Å²) in [7, 11) is 3.31. The number of rotatable bonds is 10. The molecule has 30 heavy (non-hydrogen) atoms. The Kier molecular flexibility index (Phi) is 8.13. The van der Waals surface area contributed by atoms with Crippen LogP contribution in [0.25, 0.3) is 0 Å². The van der Waals surface area contributed by atoms with Gasteiger partial charge in [-0.05, 0) is 61.4 Å². The van der Waals surface area contributed by atoms with Gasteiger partial charge in [-0.3, -0.25) is 9.69 Å². The number of fused-ring (bicyclic) bond motifs is 1. The Morgan fingerprint density at radius 1 is 1.27 bits per heavy atom. The summed E-state index contributed by atoms with van der Waals surface area (Å²) in [6, 6.07) is 8.35. The van der Waals surface area contributed by atoms with Gasteiger partial charge in [-0.15, -0.1) is 11.3 Å². The lowest BCUT2D eigenvalue weighted by molar-refractivity contribution is -0.122. The topological polar surface area (TPSA) is 60.0 Å². The average molecular weight is 433 g/mol. The quantitative estimate of drug-likeness (QED) is 0.581. The predicted octanol–water partition coefficient (Wildman–Crippen LogP) is 3.64. The van der Waals surface area contributed by atoms with E-state index in [2.05, 4.69) is 39.9 Å². The van der Waals surface area contributed by atoms with Crippen LogP contribution in [0, 0.1) is 0 Å². The fourth-order valence-electron chi connectivity index (χ4n) is 3.81. The molecule has 1 atom stereocenters. The second-order valence-corrected chi connectivity index (χ2v) is 8.65. The third-order valence-corrected chi connectivity index (χ3v) is 6.15. The third-order valence-electron chi connectivity index (χ3n) is 5.23. The Hall–Kier alpha value is -2.09. The first-order valence-corrected chi connectivity index (χ1v) is 11.3. The highest BCUT2D eigenvalue weighted by Crippen LogP contribution is 2.41. The monoisotopic (exact) mass is 432 g/mol. The number of nitrogens with one attached hydrogen (secondary N) is 1. The lowest BCUT2D eigenvalue weighted by atomic mass is 9.91. The first-order valence-electron chi connectivity index (χ1n) is 10.4. The minimum Gasteiger partial charge on any atom is -0.493 e. The van der Waals surface area contributed by atoms with E-state index in [0.29, 0.717) is 25.4 Å². The summed E-state index contributed by atoms with van der Waals surface area (Å²) in [5.74, 6) is 1.51. The average Bonchev–Trinajstić information content (AvgIpc) is 3.26. The molecule has 1 aromatic heterocycles. The fourth-order valence-corrected chi connectivity index (χ4v) is 4.68. The maximum absolute atomic E-state index is 12.6. The highest BCUT2D eigenvalue weighted by molar-refractivity contribution is 7.10.